The molecule has 0 spiro atoms. The summed E-state index contributed by atoms with van der Waals surface area (Å²) in [5, 5.41) is 4.15. The molecule has 0 fully saturated rings. The summed E-state index contributed by atoms with van der Waals surface area (Å²) < 4.78 is 7.58. The Morgan fingerprint density at radius 1 is 1.42 bits per heavy atom. The highest BCUT2D eigenvalue weighted by atomic mass is 32.1. The molecule has 0 aliphatic rings. The number of hydrogen-bond acceptors (Lipinski definition) is 4. The van der Waals surface area contributed by atoms with E-state index in [2.05, 4.69) is 17.0 Å². The first-order chi connectivity index (χ1) is 9.22. The molecule has 0 radical (unpaired) electrons. The summed E-state index contributed by atoms with van der Waals surface area (Å²) in [6.07, 6.45) is 2.54. The van der Waals surface area contributed by atoms with Crippen LogP contribution in [-0.2, 0) is 13.2 Å². The first-order valence-corrected chi connectivity index (χ1v) is 6.51. The Labute approximate surface area is 117 Å². The van der Waals surface area contributed by atoms with E-state index in [4.69, 9.17) is 22.7 Å². The average molecular weight is 276 g/mol. The van der Waals surface area contributed by atoms with Crippen LogP contribution in [0.2, 0.25) is 0 Å². The highest BCUT2D eigenvalue weighted by molar-refractivity contribution is 7.80. The molecule has 0 aliphatic carbocycles. The maximum absolute atomic E-state index is 5.74. The Balaban J connectivity index is 2.10. The SMILES string of the molecule is CCCn1ncnc1COc1ccccc1C(N)=S. The normalized spacial score (nSPS) is 10.4. The summed E-state index contributed by atoms with van der Waals surface area (Å²) in [5.41, 5.74) is 6.39. The van der Waals surface area contributed by atoms with Crippen LogP contribution in [0.25, 0.3) is 0 Å². The van der Waals surface area contributed by atoms with Crippen molar-refractivity contribution in [3.63, 3.8) is 0 Å². The van der Waals surface area contributed by atoms with Gasteiger partial charge in [0.2, 0.25) is 0 Å². The summed E-state index contributed by atoms with van der Waals surface area (Å²) in [6.45, 7) is 3.27. The Bertz CT molecular complexity index is 567. The summed E-state index contributed by atoms with van der Waals surface area (Å²) in [7, 11) is 0. The molecule has 1 aromatic heterocycles. The van der Waals surface area contributed by atoms with Crippen LogP contribution in [-0.4, -0.2) is 19.8 Å². The van der Waals surface area contributed by atoms with E-state index < -0.39 is 0 Å². The molecule has 0 unspecified atom stereocenters. The fourth-order valence-corrected chi connectivity index (χ4v) is 1.91. The molecule has 19 heavy (non-hydrogen) atoms. The smallest absolute Gasteiger partial charge is 0.164 e. The second kappa shape index (κ2) is 6.29. The monoisotopic (exact) mass is 276 g/mol. The molecule has 100 valence electrons. The van der Waals surface area contributed by atoms with Gasteiger partial charge in [-0.3, -0.25) is 0 Å². The molecule has 0 saturated heterocycles. The van der Waals surface area contributed by atoms with Crippen molar-refractivity contribution in [2.45, 2.75) is 26.5 Å². The van der Waals surface area contributed by atoms with Crippen LogP contribution in [0.4, 0.5) is 0 Å². The van der Waals surface area contributed by atoms with E-state index >= 15 is 0 Å². The predicted octanol–water partition coefficient (Wildman–Crippen LogP) is 1.90. The Kier molecular flexibility index (Phi) is 4.46. The van der Waals surface area contributed by atoms with E-state index in [-0.39, 0.29) is 0 Å². The molecular weight excluding hydrogens is 260 g/mol. The lowest BCUT2D eigenvalue weighted by molar-refractivity contribution is 0.285. The van der Waals surface area contributed by atoms with Gasteiger partial charge in [0.15, 0.2) is 5.82 Å². The fourth-order valence-electron chi connectivity index (χ4n) is 1.74. The summed E-state index contributed by atoms with van der Waals surface area (Å²) in [5.74, 6) is 1.46. The lowest BCUT2D eigenvalue weighted by Gasteiger charge is -2.10. The predicted molar refractivity (Wildman–Crippen MR) is 77.0 cm³/mol. The quantitative estimate of drug-likeness (QED) is 0.816. The number of ether oxygens (including phenoxy) is 1. The summed E-state index contributed by atoms with van der Waals surface area (Å²) in [6, 6.07) is 7.44. The molecule has 1 aromatic carbocycles. The van der Waals surface area contributed by atoms with Gasteiger partial charge in [-0.15, -0.1) is 0 Å². The van der Waals surface area contributed by atoms with E-state index in [1.54, 1.807) is 0 Å². The van der Waals surface area contributed by atoms with Gasteiger partial charge < -0.3 is 10.5 Å². The number of nitrogens with two attached hydrogens (primary N) is 1. The third-order valence-corrected chi connectivity index (χ3v) is 2.86. The molecule has 1 heterocycles. The zero-order valence-electron chi connectivity index (χ0n) is 10.7. The number of para-hydroxylation sites is 1. The van der Waals surface area contributed by atoms with Gasteiger partial charge in [-0.05, 0) is 18.6 Å². The van der Waals surface area contributed by atoms with Crippen molar-refractivity contribution in [3.05, 3.63) is 42.0 Å². The topological polar surface area (TPSA) is 66.0 Å². The van der Waals surface area contributed by atoms with E-state index in [0.717, 1.165) is 24.4 Å². The molecule has 0 aliphatic heterocycles. The molecule has 6 heteroatoms. The standard InChI is InChI=1S/C13H16N4OS/c1-2-7-17-12(15-9-16-17)8-18-11-6-4-3-5-10(11)13(14)19/h3-6,9H,2,7-8H2,1H3,(H2,14,19). The first kappa shape index (κ1) is 13.5. The number of nitrogens with zero attached hydrogens (tertiary/aromatic N) is 3. The van der Waals surface area contributed by atoms with Gasteiger partial charge in [-0.25, -0.2) is 9.67 Å². The molecule has 0 bridgehead atoms. The minimum absolute atomic E-state index is 0.325. The number of hydrogen-bond donors (Lipinski definition) is 1. The van der Waals surface area contributed by atoms with E-state index in [0.29, 0.717) is 17.3 Å². The number of rotatable bonds is 6. The van der Waals surface area contributed by atoms with Gasteiger partial charge in [0.25, 0.3) is 0 Å². The zero-order chi connectivity index (χ0) is 13.7. The van der Waals surface area contributed by atoms with Gasteiger partial charge in [0.1, 0.15) is 23.7 Å². The second-order valence-electron chi connectivity index (χ2n) is 4.05. The summed E-state index contributed by atoms with van der Waals surface area (Å²) in [4.78, 5) is 4.51. The van der Waals surface area contributed by atoms with Crippen molar-refractivity contribution >= 4 is 17.2 Å². The van der Waals surface area contributed by atoms with Crippen molar-refractivity contribution in [2.75, 3.05) is 0 Å². The van der Waals surface area contributed by atoms with Gasteiger partial charge >= 0.3 is 0 Å². The summed E-state index contributed by atoms with van der Waals surface area (Å²) >= 11 is 5.00. The Morgan fingerprint density at radius 2 is 2.21 bits per heavy atom. The molecule has 0 atom stereocenters. The van der Waals surface area contributed by atoms with Crippen molar-refractivity contribution in [1.29, 1.82) is 0 Å². The van der Waals surface area contributed by atoms with Gasteiger partial charge in [0, 0.05) is 6.54 Å². The van der Waals surface area contributed by atoms with Crippen molar-refractivity contribution in [3.8, 4) is 5.75 Å². The van der Waals surface area contributed by atoms with Crippen LogP contribution >= 0.6 is 12.2 Å². The maximum atomic E-state index is 5.74. The van der Waals surface area contributed by atoms with Crippen molar-refractivity contribution < 1.29 is 4.74 Å². The average Bonchev–Trinajstić information content (AvgIpc) is 2.84. The molecule has 5 nitrogen and oxygen atoms in total. The van der Waals surface area contributed by atoms with Crippen LogP contribution < -0.4 is 10.5 Å². The minimum Gasteiger partial charge on any atom is -0.485 e. The van der Waals surface area contributed by atoms with Crippen molar-refractivity contribution in [1.82, 2.24) is 14.8 Å². The lowest BCUT2D eigenvalue weighted by Crippen LogP contribution is -2.13. The van der Waals surface area contributed by atoms with Gasteiger partial charge in [-0.2, -0.15) is 5.10 Å². The van der Waals surface area contributed by atoms with Crippen LogP contribution in [0, 0.1) is 0 Å². The van der Waals surface area contributed by atoms with Gasteiger partial charge in [-0.1, -0.05) is 31.3 Å². The fraction of sp³-hybridized carbons (Fsp3) is 0.308. The highest BCUT2D eigenvalue weighted by Crippen LogP contribution is 2.18. The Morgan fingerprint density at radius 3 is 2.95 bits per heavy atom. The Hall–Kier alpha value is -1.95. The molecular formula is C13H16N4OS. The third kappa shape index (κ3) is 3.29. The maximum Gasteiger partial charge on any atom is 0.164 e. The van der Waals surface area contributed by atoms with Crippen LogP contribution in [0.5, 0.6) is 5.75 Å². The molecule has 2 N–H and O–H groups in total. The highest BCUT2D eigenvalue weighted by Gasteiger charge is 2.08. The largest absolute Gasteiger partial charge is 0.485 e. The first-order valence-electron chi connectivity index (χ1n) is 6.10. The number of aromatic nitrogens is 3. The number of thiocarbonyl (C=S) groups is 1. The van der Waals surface area contributed by atoms with Crippen LogP contribution in [0.3, 0.4) is 0 Å². The molecule has 0 amide bonds. The lowest BCUT2D eigenvalue weighted by atomic mass is 10.2. The molecule has 0 saturated carbocycles. The van der Waals surface area contributed by atoms with Crippen LogP contribution in [0.15, 0.2) is 30.6 Å². The number of benzene rings is 1. The minimum atomic E-state index is 0.325. The van der Waals surface area contributed by atoms with E-state index in [1.807, 2.05) is 28.9 Å². The molecule has 2 aromatic rings. The second-order valence-corrected chi connectivity index (χ2v) is 4.49. The number of aryl methyl sites for hydroxylation is 1. The van der Waals surface area contributed by atoms with Crippen LogP contribution in [0.1, 0.15) is 24.7 Å². The van der Waals surface area contributed by atoms with E-state index in [1.165, 1.54) is 6.33 Å². The zero-order valence-corrected chi connectivity index (χ0v) is 11.6. The van der Waals surface area contributed by atoms with E-state index in [9.17, 15) is 0 Å². The van der Waals surface area contributed by atoms with Gasteiger partial charge in [0.05, 0.1) is 5.56 Å². The van der Waals surface area contributed by atoms with Crippen molar-refractivity contribution in [2.24, 2.45) is 5.73 Å². The third-order valence-electron chi connectivity index (χ3n) is 2.64. The molecule has 2 rings (SSSR count).